The van der Waals surface area contributed by atoms with E-state index < -0.39 is 6.10 Å². The predicted octanol–water partition coefficient (Wildman–Crippen LogP) is 25.0. The van der Waals surface area contributed by atoms with Crippen LogP contribution in [0, 0.1) is 0 Å². The highest BCUT2D eigenvalue weighted by Gasteiger charge is 2.20. The van der Waals surface area contributed by atoms with Crippen molar-refractivity contribution in [3.8, 4) is 0 Å². The molecular weight excluding hydrogens is 973 g/mol. The maximum Gasteiger partial charge on any atom is 0.306 e. The van der Waals surface area contributed by atoms with Crippen LogP contribution < -0.4 is 0 Å². The van der Waals surface area contributed by atoms with Crippen molar-refractivity contribution in [3.05, 3.63) is 0 Å². The summed E-state index contributed by atoms with van der Waals surface area (Å²) in [4.78, 5) is 38.1. The summed E-state index contributed by atoms with van der Waals surface area (Å²) in [6, 6.07) is 0. The molecule has 0 radical (unpaired) electrons. The number of carbonyl (C=O) groups is 3. The average Bonchev–Trinajstić information content (AvgIpc) is 3.45. The van der Waals surface area contributed by atoms with Crippen LogP contribution >= 0.6 is 0 Å². The summed E-state index contributed by atoms with van der Waals surface area (Å²) in [7, 11) is 0. The van der Waals surface area contributed by atoms with E-state index >= 15 is 0 Å². The molecule has 0 amide bonds. The van der Waals surface area contributed by atoms with Crippen LogP contribution in [0.5, 0.6) is 0 Å². The lowest BCUT2D eigenvalue weighted by molar-refractivity contribution is -0.167. The van der Waals surface area contributed by atoms with Crippen LogP contribution in [0.4, 0.5) is 0 Å². The molecule has 0 aromatic heterocycles. The Morgan fingerprint density at radius 1 is 0.203 bits per heavy atom. The first-order valence-corrected chi connectivity index (χ1v) is 36.5. The third-order valence-electron chi connectivity index (χ3n) is 17.1. The van der Waals surface area contributed by atoms with E-state index in [1.165, 1.54) is 334 Å². The number of carbonyl (C=O) groups excluding carboxylic acids is 3. The minimum Gasteiger partial charge on any atom is -0.462 e. The SMILES string of the molecule is CCCCCCCCCCCCCCCCCCCCCCCCCCCCCCCCC(=O)OCC(COC(=O)CCCCCCCC)OC(=O)CCCCCCCCCCCCCCCCCCCCCCCCCCC. The van der Waals surface area contributed by atoms with Crippen LogP contribution in [0.3, 0.4) is 0 Å². The van der Waals surface area contributed by atoms with Crippen molar-refractivity contribution in [2.45, 2.75) is 438 Å². The second-order valence-electron chi connectivity index (χ2n) is 25.2. The molecule has 0 saturated carbocycles. The Kier molecular flexibility index (Phi) is 67.5. The van der Waals surface area contributed by atoms with Crippen LogP contribution in [0.15, 0.2) is 0 Å². The number of rotatable bonds is 69. The van der Waals surface area contributed by atoms with Crippen LogP contribution in [0.1, 0.15) is 432 Å². The fraction of sp³-hybridized carbons (Fsp3) is 0.959. The topological polar surface area (TPSA) is 78.9 Å². The molecule has 0 rings (SSSR count). The lowest BCUT2D eigenvalue weighted by Gasteiger charge is -2.18. The summed E-state index contributed by atoms with van der Waals surface area (Å²) in [5, 5.41) is 0. The van der Waals surface area contributed by atoms with E-state index in [-0.39, 0.29) is 31.1 Å². The van der Waals surface area contributed by atoms with Crippen molar-refractivity contribution < 1.29 is 28.6 Å². The fourth-order valence-electron chi connectivity index (χ4n) is 11.6. The molecular formula is C73H142O6. The molecule has 79 heavy (non-hydrogen) atoms. The number of ether oxygens (including phenoxy) is 3. The normalized spacial score (nSPS) is 11.9. The fourth-order valence-corrected chi connectivity index (χ4v) is 11.6. The highest BCUT2D eigenvalue weighted by molar-refractivity contribution is 5.71. The summed E-state index contributed by atoms with van der Waals surface area (Å²) in [6.07, 6.45) is 82.0. The van der Waals surface area contributed by atoms with Crippen molar-refractivity contribution in [2.75, 3.05) is 13.2 Å². The molecule has 0 aliphatic rings. The first-order valence-electron chi connectivity index (χ1n) is 36.5. The highest BCUT2D eigenvalue weighted by Crippen LogP contribution is 2.20. The zero-order chi connectivity index (χ0) is 57.1. The van der Waals surface area contributed by atoms with E-state index in [1.807, 2.05) is 0 Å². The van der Waals surface area contributed by atoms with Gasteiger partial charge in [0.2, 0.25) is 0 Å². The largest absolute Gasteiger partial charge is 0.462 e. The standard InChI is InChI=1S/C73H142O6/c1-4-7-10-13-16-18-20-22-24-26-28-30-32-34-35-36-37-38-40-41-43-45-47-49-51-53-55-57-60-63-66-72(75)78-69-70(68-77-71(74)65-62-59-15-12-9-6-3)79-73(76)67-64-61-58-56-54-52-50-48-46-44-42-39-33-31-29-27-25-23-21-19-17-14-11-8-5-2/h70H,4-69H2,1-3H3. The van der Waals surface area contributed by atoms with Gasteiger partial charge in [0.15, 0.2) is 6.10 Å². The van der Waals surface area contributed by atoms with E-state index in [0.29, 0.717) is 19.3 Å². The molecule has 0 bridgehead atoms. The van der Waals surface area contributed by atoms with Crippen LogP contribution in [-0.2, 0) is 28.6 Å². The average molecular weight is 1120 g/mol. The summed E-state index contributed by atoms with van der Waals surface area (Å²) in [5.41, 5.74) is 0. The Morgan fingerprint density at radius 3 is 0.506 bits per heavy atom. The van der Waals surface area contributed by atoms with Gasteiger partial charge in [-0.05, 0) is 19.3 Å². The zero-order valence-electron chi connectivity index (χ0n) is 54.2. The molecule has 0 aromatic carbocycles. The molecule has 0 aliphatic carbocycles. The molecule has 0 fully saturated rings. The lowest BCUT2D eigenvalue weighted by Crippen LogP contribution is -2.30. The maximum atomic E-state index is 12.9. The molecule has 470 valence electrons. The van der Waals surface area contributed by atoms with Crippen LogP contribution in [0.25, 0.3) is 0 Å². The smallest absolute Gasteiger partial charge is 0.306 e. The molecule has 0 saturated heterocycles. The monoisotopic (exact) mass is 1120 g/mol. The first kappa shape index (κ1) is 77.4. The third-order valence-corrected chi connectivity index (χ3v) is 17.1. The molecule has 1 atom stereocenters. The summed E-state index contributed by atoms with van der Waals surface area (Å²) >= 11 is 0. The lowest BCUT2D eigenvalue weighted by atomic mass is 10.0. The number of hydrogen-bond acceptors (Lipinski definition) is 6. The number of esters is 3. The van der Waals surface area contributed by atoms with Gasteiger partial charge in [0.05, 0.1) is 0 Å². The molecule has 0 heterocycles. The summed E-state index contributed by atoms with van der Waals surface area (Å²) < 4.78 is 16.9. The minimum atomic E-state index is -0.761. The van der Waals surface area contributed by atoms with Crippen LogP contribution in [0.2, 0.25) is 0 Å². The quantitative estimate of drug-likeness (QED) is 0.0343. The Morgan fingerprint density at radius 2 is 0.342 bits per heavy atom. The van der Waals surface area contributed by atoms with Gasteiger partial charge in [0.25, 0.3) is 0 Å². The van der Waals surface area contributed by atoms with Crippen molar-refractivity contribution in [1.29, 1.82) is 0 Å². The maximum absolute atomic E-state index is 12.9. The number of unbranched alkanes of at least 4 members (excludes halogenated alkanes) is 58. The van der Waals surface area contributed by atoms with Gasteiger partial charge in [-0.1, -0.05) is 393 Å². The number of hydrogen-bond donors (Lipinski definition) is 0. The predicted molar refractivity (Wildman–Crippen MR) is 344 cm³/mol. The molecule has 1 unspecified atom stereocenters. The van der Waals surface area contributed by atoms with E-state index in [9.17, 15) is 14.4 Å². The second kappa shape index (κ2) is 68.9. The molecule has 6 nitrogen and oxygen atoms in total. The van der Waals surface area contributed by atoms with Gasteiger partial charge in [-0.3, -0.25) is 14.4 Å². The van der Waals surface area contributed by atoms with E-state index in [4.69, 9.17) is 14.2 Å². The second-order valence-corrected chi connectivity index (χ2v) is 25.2. The van der Waals surface area contributed by atoms with Gasteiger partial charge in [0, 0.05) is 19.3 Å². The van der Waals surface area contributed by atoms with Crippen molar-refractivity contribution in [1.82, 2.24) is 0 Å². The van der Waals surface area contributed by atoms with Crippen molar-refractivity contribution in [3.63, 3.8) is 0 Å². The highest BCUT2D eigenvalue weighted by atomic mass is 16.6. The van der Waals surface area contributed by atoms with E-state index in [0.717, 1.165) is 57.8 Å². The van der Waals surface area contributed by atoms with E-state index in [2.05, 4.69) is 20.8 Å². The molecule has 0 aliphatic heterocycles. The van der Waals surface area contributed by atoms with Gasteiger partial charge in [-0.2, -0.15) is 0 Å². The minimum absolute atomic E-state index is 0.0616. The first-order chi connectivity index (χ1) is 39.0. The molecule has 6 heteroatoms. The van der Waals surface area contributed by atoms with Crippen molar-refractivity contribution in [2.24, 2.45) is 0 Å². The third kappa shape index (κ3) is 67.1. The van der Waals surface area contributed by atoms with Crippen LogP contribution in [-0.4, -0.2) is 37.2 Å². The molecule has 0 aromatic rings. The summed E-state index contributed by atoms with van der Waals surface area (Å²) in [6.45, 7) is 6.68. The zero-order valence-corrected chi connectivity index (χ0v) is 54.2. The Hall–Kier alpha value is -1.59. The van der Waals surface area contributed by atoms with Gasteiger partial charge < -0.3 is 14.2 Å². The Balaban J connectivity index is 3.92. The van der Waals surface area contributed by atoms with Gasteiger partial charge in [0.1, 0.15) is 13.2 Å². The molecule has 0 N–H and O–H groups in total. The van der Waals surface area contributed by atoms with Gasteiger partial charge in [-0.15, -0.1) is 0 Å². The van der Waals surface area contributed by atoms with Crippen molar-refractivity contribution >= 4 is 17.9 Å². The molecule has 0 spiro atoms. The van der Waals surface area contributed by atoms with Gasteiger partial charge >= 0.3 is 17.9 Å². The Bertz CT molecular complexity index is 1190. The van der Waals surface area contributed by atoms with Gasteiger partial charge in [-0.25, -0.2) is 0 Å². The van der Waals surface area contributed by atoms with E-state index in [1.54, 1.807) is 0 Å². The Labute approximate surface area is 495 Å². The summed E-state index contributed by atoms with van der Waals surface area (Å²) in [5.74, 6) is -0.836.